The van der Waals surface area contributed by atoms with Crippen molar-refractivity contribution in [2.24, 2.45) is 11.1 Å². The van der Waals surface area contributed by atoms with Crippen LogP contribution < -0.4 is 11.1 Å². The number of fused-ring (bicyclic) bond motifs is 1. The normalized spacial score (nSPS) is 16.0. The lowest BCUT2D eigenvalue weighted by atomic mass is 9.80. The van der Waals surface area contributed by atoms with Gasteiger partial charge >= 0.3 is 5.97 Å². The number of nitrogens with one attached hydrogen (secondary N) is 1. The van der Waals surface area contributed by atoms with E-state index in [1.807, 2.05) is 32.0 Å². The number of hydrogen-bond acceptors (Lipinski definition) is 3. The van der Waals surface area contributed by atoms with Gasteiger partial charge in [0.25, 0.3) is 5.91 Å². The van der Waals surface area contributed by atoms with Gasteiger partial charge in [-0.3, -0.25) is 9.59 Å². The first-order valence-electron chi connectivity index (χ1n) is 7.17. The molecule has 5 heteroatoms. The lowest BCUT2D eigenvalue weighted by Gasteiger charge is -2.27. The summed E-state index contributed by atoms with van der Waals surface area (Å²) in [5.41, 5.74) is 8.43. The van der Waals surface area contributed by atoms with Crippen LogP contribution in [-0.4, -0.2) is 23.5 Å². The van der Waals surface area contributed by atoms with Crippen LogP contribution in [0.15, 0.2) is 18.2 Å². The Hall–Kier alpha value is -1.88. The van der Waals surface area contributed by atoms with Crippen molar-refractivity contribution in [2.45, 2.75) is 39.2 Å². The third-order valence-electron chi connectivity index (χ3n) is 3.89. The van der Waals surface area contributed by atoms with Crippen LogP contribution in [0, 0.1) is 5.41 Å². The highest BCUT2D eigenvalue weighted by atomic mass is 16.4. The molecule has 1 atom stereocenters. The molecule has 1 unspecified atom stereocenters. The maximum atomic E-state index is 11.9. The fourth-order valence-electron chi connectivity index (χ4n) is 2.85. The van der Waals surface area contributed by atoms with Crippen molar-refractivity contribution in [1.29, 1.82) is 0 Å². The molecule has 1 aliphatic rings. The fraction of sp³-hybridized carbons (Fsp3) is 0.500. The van der Waals surface area contributed by atoms with E-state index < -0.39 is 5.97 Å². The Kier molecular flexibility index (Phi) is 4.32. The molecule has 1 aromatic rings. The predicted molar refractivity (Wildman–Crippen MR) is 80.1 cm³/mol. The van der Waals surface area contributed by atoms with Crippen LogP contribution in [0.25, 0.3) is 0 Å². The minimum atomic E-state index is -0.822. The Bertz CT molecular complexity index is 567. The Morgan fingerprint density at radius 2 is 2.19 bits per heavy atom. The lowest BCUT2D eigenvalue weighted by Crippen LogP contribution is -2.32. The summed E-state index contributed by atoms with van der Waals surface area (Å²) in [6.07, 6.45) is 1.47. The molecule has 114 valence electrons. The molecule has 21 heavy (non-hydrogen) atoms. The van der Waals surface area contributed by atoms with Gasteiger partial charge in [0.2, 0.25) is 0 Å². The quantitative estimate of drug-likeness (QED) is 0.771. The summed E-state index contributed by atoms with van der Waals surface area (Å²) in [5.74, 6) is -0.882. The number of carbonyl (C=O) groups is 2. The SMILES string of the molecule is CC(C)(CC(=O)O)CC(N)c1ccc2c(c1)C(=O)NCC2. The van der Waals surface area contributed by atoms with Gasteiger partial charge < -0.3 is 16.2 Å². The summed E-state index contributed by atoms with van der Waals surface area (Å²) in [6, 6.07) is 5.46. The number of carbonyl (C=O) groups excluding carboxylic acids is 1. The van der Waals surface area contributed by atoms with Crippen LogP contribution in [0.5, 0.6) is 0 Å². The first-order valence-corrected chi connectivity index (χ1v) is 7.17. The summed E-state index contributed by atoms with van der Waals surface area (Å²) >= 11 is 0. The second-order valence-electron chi connectivity index (χ2n) is 6.47. The van der Waals surface area contributed by atoms with E-state index in [-0.39, 0.29) is 23.8 Å². The second-order valence-corrected chi connectivity index (χ2v) is 6.47. The number of nitrogens with two attached hydrogens (primary N) is 1. The Morgan fingerprint density at radius 3 is 2.86 bits per heavy atom. The molecule has 5 nitrogen and oxygen atoms in total. The van der Waals surface area contributed by atoms with E-state index in [1.54, 1.807) is 0 Å². The van der Waals surface area contributed by atoms with Gasteiger partial charge in [0.15, 0.2) is 0 Å². The summed E-state index contributed by atoms with van der Waals surface area (Å²) in [6.45, 7) is 4.46. The highest BCUT2D eigenvalue weighted by molar-refractivity contribution is 5.96. The number of aliphatic carboxylic acids is 1. The van der Waals surface area contributed by atoms with Gasteiger partial charge in [0.05, 0.1) is 6.42 Å². The molecule has 0 bridgehead atoms. The molecule has 0 saturated heterocycles. The maximum absolute atomic E-state index is 11.9. The zero-order chi connectivity index (χ0) is 15.6. The summed E-state index contributed by atoms with van der Waals surface area (Å²) in [4.78, 5) is 22.7. The summed E-state index contributed by atoms with van der Waals surface area (Å²) in [7, 11) is 0. The molecule has 0 radical (unpaired) electrons. The highest BCUT2D eigenvalue weighted by Crippen LogP contribution is 2.32. The van der Waals surface area contributed by atoms with Crippen LogP contribution in [-0.2, 0) is 11.2 Å². The van der Waals surface area contributed by atoms with Crippen LogP contribution in [0.2, 0.25) is 0 Å². The Morgan fingerprint density at radius 1 is 1.48 bits per heavy atom. The average molecular weight is 290 g/mol. The number of benzene rings is 1. The third-order valence-corrected chi connectivity index (χ3v) is 3.89. The zero-order valence-electron chi connectivity index (χ0n) is 12.5. The molecular formula is C16H22N2O3. The van der Waals surface area contributed by atoms with E-state index in [0.29, 0.717) is 18.5 Å². The smallest absolute Gasteiger partial charge is 0.303 e. The lowest BCUT2D eigenvalue weighted by molar-refractivity contribution is -0.139. The van der Waals surface area contributed by atoms with Crippen LogP contribution >= 0.6 is 0 Å². The molecular weight excluding hydrogens is 268 g/mol. The molecule has 0 saturated carbocycles. The molecule has 0 aromatic heterocycles. The largest absolute Gasteiger partial charge is 0.481 e. The molecule has 4 N–H and O–H groups in total. The van der Waals surface area contributed by atoms with E-state index in [1.165, 1.54) is 0 Å². The minimum absolute atomic E-state index is 0.0601. The zero-order valence-corrected chi connectivity index (χ0v) is 12.5. The molecule has 2 rings (SSSR count). The van der Waals surface area contributed by atoms with Gasteiger partial charge in [-0.1, -0.05) is 26.0 Å². The maximum Gasteiger partial charge on any atom is 0.303 e. The molecule has 1 aromatic carbocycles. The van der Waals surface area contributed by atoms with Crippen molar-refractivity contribution >= 4 is 11.9 Å². The van der Waals surface area contributed by atoms with Gasteiger partial charge in [-0.15, -0.1) is 0 Å². The van der Waals surface area contributed by atoms with Crippen molar-refractivity contribution in [3.05, 3.63) is 34.9 Å². The predicted octanol–water partition coefficient (Wildman–Crippen LogP) is 1.86. The summed E-state index contributed by atoms with van der Waals surface area (Å²) in [5, 5.41) is 11.8. The van der Waals surface area contributed by atoms with E-state index in [2.05, 4.69) is 5.32 Å². The van der Waals surface area contributed by atoms with Gasteiger partial charge in [-0.25, -0.2) is 0 Å². The van der Waals surface area contributed by atoms with Gasteiger partial charge in [-0.2, -0.15) is 0 Å². The molecule has 1 amide bonds. The standard InChI is InChI=1S/C16H22N2O3/c1-16(2,9-14(19)20)8-13(17)11-4-3-10-5-6-18-15(21)12(10)7-11/h3-4,7,13H,5-6,8-9,17H2,1-2H3,(H,18,21)(H,19,20). The van der Waals surface area contributed by atoms with Crippen molar-refractivity contribution in [2.75, 3.05) is 6.54 Å². The minimum Gasteiger partial charge on any atom is -0.481 e. The average Bonchev–Trinajstić information content (AvgIpc) is 2.36. The van der Waals surface area contributed by atoms with Gasteiger partial charge in [0, 0.05) is 18.2 Å². The van der Waals surface area contributed by atoms with Crippen molar-refractivity contribution < 1.29 is 14.7 Å². The van der Waals surface area contributed by atoms with Crippen LogP contribution in [0.4, 0.5) is 0 Å². The van der Waals surface area contributed by atoms with Crippen molar-refractivity contribution in [1.82, 2.24) is 5.32 Å². The Balaban J connectivity index is 2.16. The van der Waals surface area contributed by atoms with Crippen molar-refractivity contribution in [3.63, 3.8) is 0 Å². The molecule has 1 aliphatic heterocycles. The van der Waals surface area contributed by atoms with E-state index in [9.17, 15) is 9.59 Å². The molecule has 0 aliphatic carbocycles. The topological polar surface area (TPSA) is 92.4 Å². The molecule has 0 spiro atoms. The van der Waals surface area contributed by atoms with Crippen LogP contribution in [0.3, 0.4) is 0 Å². The Labute approximate surface area is 124 Å². The highest BCUT2D eigenvalue weighted by Gasteiger charge is 2.26. The number of rotatable bonds is 5. The number of carboxylic acids is 1. The number of carboxylic acid groups (broad SMARTS) is 1. The van der Waals surface area contributed by atoms with E-state index in [4.69, 9.17) is 10.8 Å². The third kappa shape index (κ3) is 3.82. The number of hydrogen-bond donors (Lipinski definition) is 3. The first-order chi connectivity index (χ1) is 9.78. The van der Waals surface area contributed by atoms with E-state index >= 15 is 0 Å². The summed E-state index contributed by atoms with van der Waals surface area (Å²) < 4.78 is 0. The van der Waals surface area contributed by atoms with E-state index in [0.717, 1.165) is 17.5 Å². The van der Waals surface area contributed by atoms with Crippen LogP contribution in [0.1, 0.15) is 54.2 Å². The first kappa shape index (κ1) is 15.5. The molecule has 0 fully saturated rings. The van der Waals surface area contributed by atoms with Gasteiger partial charge in [-0.05, 0) is 35.4 Å². The monoisotopic (exact) mass is 290 g/mol. The van der Waals surface area contributed by atoms with Crippen molar-refractivity contribution in [3.8, 4) is 0 Å². The second kappa shape index (κ2) is 5.85. The van der Waals surface area contributed by atoms with Gasteiger partial charge in [0.1, 0.15) is 0 Å². The number of amides is 1. The molecule has 1 heterocycles. The fourth-order valence-corrected chi connectivity index (χ4v) is 2.85.